The number of nitrogens with zero attached hydrogens (tertiary/aromatic N) is 1. The summed E-state index contributed by atoms with van der Waals surface area (Å²) in [4.78, 5) is 40.5. The molecule has 0 aliphatic rings. The van der Waals surface area contributed by atoms with E-state index in [2.05, 4.69) is 15.6 Å². The first-order valence-electron chi connectivity index (χ1n) is 10.3. The number of rotatable bonds is 10. The van der Waals surface area contributed by atoms with Crippen molar-refractivity contribution < 1.29 is 32.3 Å². The molecule has 3 aromatic rings. The fourth-order valence-corrected chi connectivity index (χ4v) is 4.89. The molecule has 2 N–H and O–H groups in total. The van der Waals surface area contributed by atoms with Gasteiger partial charge in [-0.3, -0.25) is 9.59 Å². The van der Waals surface area contributed by atoms with Gasteiger partial charge in [-0.1, -0.05) is 11.3 Å². The van der Waals surface area contributed by atoms with Crippen LogP contribution >= 0.6 is 11.3 Å². The number of ether oxygens (including phenoxy) is 2. The molecule has 0 fully saturated rings. The lowest BCUT2D eigenvalue weighted by atomic mass is 10.2. The zero-order chi connectivity index (χ0) is 24.7. The summed E-state index contributed by atoms with van der Waals surface area (Å²) >= 11 is 1.09. The number of anilines is 2. The Labute approximate surface area is 200 Å². The average molecular weight is 506 g/mol. The topological polar surface area (TPSA) is 141 Å². The highest BCUT2D eigenvalue weighted by atomic mass is 32.2. The van der Waals surface area contributed by atoms with E-state index in [1.54, 1.807) is 49.4 Å². The van der Waals surface area contributed by atoms with Crippen molar-refractivity contribution in [1.82, 2.24) is 4.98 Å². The van der Waals surface area contributed by atoms with Crippen molar-refractivity contribution in [3.8, 4) is 5.75 Å². The molecule has 2 aromatic carbocycles. The molecule has 180 valence electrons. The molecule has 0 saturated carbocycles. The zero-order valence-electron chi connectivity index (χ0n) is 18.5. The van der Waals surface area contributed by atoms with Gasteiger partial charge in [-0.25, -0.2) is 18.2 Å². The maximum atomic E-state index is 12.3. The molecule has 10 nitrogen and oxygen atoms in total. The van der Waals surface area contributed by atoms with Gasteiger partial charge in [-0.2, -0.15) is 0 Å². The van der Waals surface area contributed by atoms with Crippen LogP contribution in [0.3, 0.4) is 0 Å². The van der Waals surface area contributed by atoms with Gasteiger partial charge in [0, 0.05) is 5.69 Å². The Morgan fingerprint density at radius 3 is 2.26 bits per heavy atom. The summed E-state index contributed by atoms with van der Waals surface area (Å²) in [7, 11) is -4.02. The molecule has 1 heterocycles. The highest BCUT2D eigenvalue weighted by Gasteiger charge is 2.22. The van der Waals surface area contributed by atoms with Crippen LogP contribution in [0, 0.1) is 0 Å². The molecule has 0 unspecified atom stereocenters. The second-order valence-electron chi connectivity index (χ2n) is 7.01. The van der Waals surface area contributed by atoms with Crippen LogP contribution in [0.4, 0.5) is 10.8 Å². The van der Waals surface area contributed by atoms with Crippen molar-refractivity contribution in [2.24, 2.45) is 0 Å². The first-order valence-corrected chi connectivity index (χ1v) is 12.9. The Balaban J connectivity index is 1.57. The summed E-state index contributed by atoms with van der Waals surface area (Å²) < 4.78 is 35.5. The van der Waals surface area contributed by atoms with E-state index in [1.807, 2.05) is 6.92 Å². The fourth-order valence-electron chi connectivity index (χ4n) is 2.92. The number of hydrogen-bond acceptors (Lipinski definition) is 9. The summed E-state index contributed by atoms with van der Waals surface area (Å²) in [5.41, 5.74) is 1.28. The number of amides is 2. The molecule has 0 aliphatic carbocycles. The Morgan fingerprint density at radius 1 is 0.941 bits per heavy atom. The van der Waals surface area contributed by atoms with E-state index >= 15 is 0 Å². The summed E-state index contributed by atoms with van der Waals surface area (Å²) in [6, 6.07) is 11.2. The third kappa shape index (κ3) is 6.99. The van der Waals surface area contributed by atoms with Crippen LogP contribution in [0.25, 0.3) is 10.2 Å². The Hall–Kier alpha value is -3.51. The van der Waals surface area contributed by atoms with Crippen LogP contribution in [0.1, 0.15) is 24.2 Å². The zero-order valence-corrected chi connectivity index (χ0v) is 20.1. The lowest BCUT2D eigenvalue weighted by molar-refractivity contribution is -0.114. The summed E-state index contributed by atoms with van der Waals surface area (Å²) in [5, 5.41) is 5.08. The molecule has 0 bridgehead atoms. The van der Waals surface area contributed by atoms with Crippen molar-refractivity contribution in [3.05, 3.63) is 48.0 Å². The third-order valence-corrected chi connectivity index (χ3v) is 6.63. The van der Waals surface area contributed by atoms with Gasteiger partial charge in [0.15, 0.2) is 15.0 Å². The lowest BCUT2D eigenvalue weighted by Crippen LogP contribution is -2.30. The Kier molecular flexibility index (Phi) is 8.18. The molecular weight excluding hydrogens is 482 g/mol. The molecule has 3 rings (SSSR count). The number of nitrogens with one attached hydrogen (secondary N) is 2. The molecular formula is C22H23N3O7S2. The van der Waals surface area contributed by atoms with Crippen LogP contribution < -0.4 is 15.4 Å². The smallest absolute Gasteiger partial charge is 0.338 e. The second-order valence-corrected chi connectivity index (χ2v) is 10.1. The number of carbonyl (C=O) groups excluding carboxylic acids is 3. The van der Waals surface area contributed by atoms with E-state index in [0.29, 0.717) is 33.8 Å². The van der Waals surface area contributed by atoms with Gasteiger partial charge in [0.1, 0.15) is 17.3 Å². The Bertz CT molecular complexity index is 1300. The molecule has 34 heavy (non-hydrogen) atoms. The molecule has 0 spiro atoms. The van der Waals surface area contributed by atoms with E-state index < -0.39 is 39.1 Å². The highest BCUT2D eigenvalue weighted by molar-refractivity contribution is 7.92. The van der Waals surface area contributed by atoms with Gasteiger partial charge in [0.05, 0.1) is 29.0 Å². The van der Waals surface area contributed by atoms with E-state index in [9.17, 15) is 22.8 Å². The number of aromatic nitrogens is 1. The maximum Gasteiger partial charge on any atom is 0.338 e. The number of hydrogen-bond donors (Lipinski definition) is 2. The predicted octanol–water partition coefficient (Wildman–Crippen LogP) is 2.86. The van der Waals surface area contributed by atoms with Crippen LogP contribution in [0.15, 0.2) is 42.5 Å². The van der Waals surface area contributed by atoms with E-state index in [1.165, 1.54) is 0 Å². The largest absolute Gasteiger partial charge is 0.494 e. The summed E-state index contributed by atoms with van der Waals surface area (Å²) in [6.45, 7) is 4.29. The van der Waals surface area contributed by atoms with Crippen LogP contribution in [0.2, 0.25) is 0 Å². The second kappa shape index (κ2) is 11.1. The number of fused-ring (bicyclic) bond motifs is 1. The minimum absolute atomic E-state index is 0.176. The minimum Gasteiger partial charge on any atom is -0.494 e. The molecule has 0 radical (unpaired) electrons. The van der Waals surface area contributed by atoms with Crippen molar-refractivity contribution in [2.45, 2.75) is 13.8 Å². The SMILES string of the molecule is CCOC(=O)c1ccc2nc(NC(=O)CS(=O)(=O)CC(=O)Nc3ccc(OCC)cc3)sc2c1. The van der Waals surface area contributed by atoms with Crippen molar-refractivity contribution in [3.63, 3.8) is 0 Å². The number of sulfone groups is 1. The van der Waals surface area contributed by atoms with Crippen LogP contribution in [-0.2, 0) is 24.2 Å². The summed E-state index contributed by atoms with van der Waals surface area (Å²) in [5.74, 6) is -3.17. The average Bonchev–Trinajstić information content (AvgIpc) is 3.15. The molecule has 0 aliphatic heterocycles. The third-order valence-electron chi connectivity index (χ3n) is 4.30. The van der Waals surface area contributed by atoms with Gasteiger partial charge >= 0.3 is 5.97 Å². The van der Waals surface area contributed by atoms with Gasteiger partial charge in [-0.15, -0.1) is 0 Å². The molecule has 12 heteroatoms. The molecule has 0 saturated heterocycles. The molecule has 0 atom stereocenters. The molecule has 2 amide bonds. The quantitative estimate of drug-likeness (QED) is 0.401. The van der Waals surface area contributed by atoms with Gasteiger partial charge in [0.2, 0.25) is 11.8 Å². The first-order chi connectivity index (χ1) is 16.2. The highest BCUT2D eigenvalue weighted by Crippen LogP contribution is 2.27. The number of carbonyl (C=O) groups is 3. The van der Waals surface area contributed by atoms with Crippen molar-refractivity contribution >= 4 is 60.0 Å². The van der Waals surface area contributed by atoms with Crippen molar-refractivity contribution in [1.29, 1.82) is 0 Å². The fraction of sp³-hybridized carbons (Fsp3) is 0.273. The van der Waals surface area contributed by atoms with E-state index in [4.69, 9.17) is 9.47 Å². The van der Waals surface area contributed by atoms with E-state index in [0.717, 1.165) is 11.3 Å². The minimum atomic E-state index is -4.02. The monoisotopic (exact) mass is 505 g/mol. The normalized spacial score (nSPS) is 11.1. The lowest BCUT2D eigenvalue weighted by Gasteiger charge is -2.08. The maximum absolute atomic E-state index is 12.3. The van der Waals surface area contributed by atoms with Crippen LogP contribution in [0.5, 0.6) is 5.75 Å². The van der Waals surface area contributed by atoms with Gasteiger partial charge in [-0.05, 0) is 56.3 Å². The number of thiazole rings is 1. The Morgan fingerprint density at radius 2 is 1.62 bits per heavy atom. The standard InChI is InChI=1S/C22H23N3O7S2/c1-3-31-16-8-6-15(7-9-16)23-19(26)12-34(29,30)13-20(27)25-22-24-17-10-5-14(11-18(17)33-22)21(28)32-4-2/h5-11H,3-4,12-13H2,1-2H3,(H,23,26)(H,24,25,27). The first kappa shape index (κ1) is 25.1. The number of benzene rings is 2. The van der Waals surface area contributed by atoms with E-state index in [-0.39, 0.29) is 11.7 Å². The molecule has 1 aromatic heterocycles. The van der Waals surface area contributed by atoms with Gasteiger partial charge < -0.3 is 20.1 Å². The number of esters is 1. The van der Waals surface area contributed by atoms with Crippen LogP contribution in [-0.4, -0.2) is 55.9 Å². The predicted molar refractivity (Wildman–Crippen MR) is 129 cm³/mol. The van der Waals surface area contributed by atoms with Gasteiger partial charge in [0.25, 0.3) is 0 Å². The summed E-state index contributed by atoms with van der Waals surface area (Å²) in [6.07, 6.45) is 0. The van der Waals surface area contributed by atoms with Crippen molar-refractivity contribution in [2.75, 3.05) is 35.4 Å².